The molecule has 7 nitrogen and oxygen atoms in total. The molecule has 0 spiro atoms. The van der Waals surface area contributed by atoms with E-state index in [4.69, 9.17) is 9.84 Å². The average molecular weight is 288 g/mol. The van der Waals surface area contributed by atoms with E-state index in [1.54, 1.807) is 6.92 Å². The SMILES string of the molecule is CCn1cc(S(=O)(=O)N2CCCOC2)cc1C(=O)O. The first-order valence-electron chi connectivity index (χ1n) is 5.98. The highest BCUT2D eigenvalue weighted by Gasteiger charge is 2.29. The van der Waals surface area contributed by atoms with Crippen molar-refractivity contribution in [3.8, 4) is 0 Å². The van der Waals surface area contributed by atoms with Crippen LogP contribution in [-0.2, 0) is 21.3 Å². The van der Waals surface area contributed by atoms with E-state index < -0.39 is 16.0 Å². The molecule has 2 heterocycles. The number of aryl methyl sites for hydroxylation is 1. The van der Waals surface area contributed by atoms with Crippen molar-refractivity contribution >= 4 is 16.0 Å². The van der Waals surface area contributed by atoms with E-state index in [1.165, 1.54) is 21.1 Å². The molecule has 0 radical (unpaired) electrons. The number of rotatable bonds is 4. The molecule has 0 aliphatic carbocycles. The van der Waals surface area contributed by atoms with Crippen molar-refractivity contribution in [3.05, 3.63) is 18.0 Å². The van der Waals surface area contributed by atoms with Crippen LogP contribution >= 0.6 is 0 Å². The first-order chi connectivity index (χ1) is 8.96. The Kier molecular flexibility index (Phi) is 3.93. The first kappa shape index (κ1) is 14.0. The molecule has 0 unspecified atom stereocenters. The van der Waals surface area contributed by atoms with Gasteiger partial charge in [-0.15, -0.1) is 0 Å². The Labute approximate surface area is 111 Å². The number of sulfonamides is 1. The predicted octanol–water partition coefficient (Wildman–Crippen LogP) is 0.575. The highest BCUT2D eigenvalue weighted by Crippen LogP contribution is 2.21. The van der Waals surface area contributed by atoms with Crippen molar-refractivity contribution in [2.24, 2.45) is 0 Å². The third-order valence-electron chi connectivity index (χ3n) is 3.00. The van der Waals surface area contributed by atoms with Gasteiger partial charge in [0.05, 0.1) is 0 Å². The summed E-state index contributed by atoms with van der Waals surface area (Å²) >= 11 is 0. The molecular formula is C11H16N2O5S. The zero-order valence-corrected chi connectivity index (χ0v) is 11.4. The Balaban J connectivity index is 2.37. The Hall–Kier alpha value is -1.38. The molecule has 1 saturated heterocycles. The molecule has 1 N–H and O–H groups in total. The number of carbonyl (C=O) groups is 1. The largest absolute Gasteiger partial charge is 0.477 e. The van der Waals surface area contributed by atoms with Gasteiger partial charge in [0.1, 0.15) is 17.3 Å². The van der Waals surface area contributed by atoms with Crippen molar-refractivity contribution in [1.82, 2.24) is 8.87 Å². The molecule has 2 rings (SSSR count). The molecule has 0 saturated carbocycles. The van der Waals surface area contributed by atoms with E-state index in [2.05, 4.69) is 0 Å². The second kappa shape index (κ2) is 5.32. The van der Waals surface area contributed by atoms with Gasteiger partial charge in [-0.25, -0.2) is 13.2 Å². The van der Waals surface area contributed by atoms with Gasteiger partial charge in [0.25, 0.3) is 0 Å². The van der Waals surface area contributed by atoms with Crippen LogP contribution in [0.2, 0.25) is 0 Å². The fourth-order valence-corrected chi connectivity index (χ4v) is 3.38. The van der Waals surface area contributed by atoms with E-state index in [0.717, 1.165) is 0 Å². The normalized spacial score (nSPS) is 17.5. The summed E-state index contributed by atoms with van der Waals surface area (Å²) < 4.78 is 32.4. The maximum Gasteiger partial charge on any atom is 0.352 e. The Bertz CT molecular complexity index is 572. The zero-order chi connectivity index (χ0) is 14.0. The first-order valence-corrected chi connectivity index (χ1v) is 7.42. The molecule has 1 aliphatic rings. The molecule has 0 aromatic carbocycles. The fraction of sp³-hybridized carbons (Fsp3) is 0.545. The molecule has 1 aromatic rings. The number of aromatic carboxylic acids is 1. The van der Waals surface area contributed by atoms with E-state index in [1.807, 2.05) is 0 Å². The standard InChI is InChI=1S/C11H16N2O5S/c1-2-12-7-9(6-10(12)11(14)15)19(16,17)13-4-3-5-18-8-13/h6-7H,2-5,8H2,1H3,(H,14,15). The molecular weight excluding hydrogens is 272 g/mol. The van der Waals surface area contributed by atoms with Crippen molar-refractivity contribution < 1.29 is 23.1 Å². The van der Waals surface area contributed by atoms with Crippen molar-refractivity contribution in [2.75, 3.05) is 19.9 Å². The third kappa shape index (κ3) is 2.65. The van der Waals surface area contributed by atoms with Crippen molar-refractivity contribution in [2.45, 2.75) is 24.8 Å². The van der Waals surface area contributed by atoms with Gasteiger partial charge in [-0.1, -0.05) is 0 Å². The van der Waals surface area contributed by atoms with Crippen LogP contribution in [0.25, 0.3) is 0 Å². The average Bonchev–Trinajstić information content (AvgIpc) is 2.84. The van der Waals surface area contributed by atoms with Crippen LogP contribution in [0.1, 0.15) is 23.8 Å². The predicted molar refractivity (Wildman–Crippen MR) is 66.4 cm³/mol. The number of ether oxygens (including phenoxy) is 1. The fourth-order valence-electron chi connectivity index (χ4n) is 1.98. The Morgan fingerprint density at radius 2 is 2.26 bits per heavy atom. The lowest BCUT2D eigenvalue weighted by molar-refractivity contribution is 0.0313. The second-order valence-electron chi connectivity index (χ2n) is 4.22. The van der Waals surface area contributed by atoms with Gasteiger partial charge in [0.2, 0.25) is 10.0 Å². The maximum absolute atomic E-state index is 12.3. The van der Waals surface area contributed by atoms with E-state index in [-0.39, 0.29) is 17.3 Å². The molecule has 1 fully saturated rings. The lowest BCUT2D eigenvalue weighted by Gasteiger charge is -2.25. The zero-order valence-electron chi connectivity index (χ0n) is 10.6. The Morgan fingerprint density at radius 1 is 1.53 bits per heavy atom. The van der Waals surface area contributed by atoms with Crippen LogP contribution in [0.15, 0.2) is 17.2 Å². The second-order valence-corrected chi connectivity index (χ2v) is 6.16. The van der Waals surface area contributed by atoms with Crippen molar-refractivity contribution in [3.63, 3.8) is 0 Å². The molecule has 19 heavy (non-hydrogen) atoms. The molecule has 0 bridgehead atoms. The van der Waals surface area contributed by atoms with E-state index in [9.17, 15) is 13.2 Å². The lowest BCUT2D eigenvalue weighted by atomic mass is 10.4. The molecule has 8 heteroatoms. The van der Waals surface area contributed by atoms with Gasteiger partial charge in [-0.2, -0.15) is 4.31 Å². The summed E-state index contributed by atoms with van der Waals surface area (Å²) in [6.45, 7) is 3.10. The maximum atomic E-state index is 12.3. The van der Waals surface area contributed by atoms with E-state index >= 15 is 0 Å². The van der Waals surface area contributed by atoms with Gasteiger partial charge in [-0.3, -0.25) is 0 Å². The third-order valence-corrected chi connectivity index (χ3v) is 4.79. The summed E-state index contributed by atoms with van der Waals surface area (Å²) in [5, 5.41) is 9.03. The summed E-state index contributed by atoms with van der Waals surface area (Å²) in [5.74, 6) is -1.14. The summed E-state index contributed by atoms with van der Waals surface area (Å²) in [6, 6.07) is 1.19. The topological polar surface area (TPSA) is 88.8 Å². The van der Waals surface area contributed by atoms with Crippen LogP contribution in [0.4, 0.5) is 0 Å². The van der Waals surface area contributed by atoms with Gasteiger partial charge >= 0.3 is 5.97 Å². The smallest absolute Gasteiger partial charge is 0.352 e. The van der Waals surface area contributed by atoms with Crippen LogP contribution < -0.4 is 0 Å². The number of hydrogen-bond acceptors (Lipinski definition) is 4. The lowest BCUT2D eigenvalue weighted by Crippen LogP contribution is -2.38. The van der Waals surface area contributed by atoms with Crippen LogP contribution in [0.5, 0.6) is 0 Å². The minimum atomic E-state index is -3.68. The molecule has 106 valence electrons. The molecule has 0 amide bonds. The van der Waals surface area contributed by atoms with E-state index in [0.29, 0.717) is 26.1 Å². The quantitative estimate of drug-likeness (QED) is 0.875. The van der Waals surface area contributed by atoms with Crippen LogP contribution in [0.3, 0.4) is 0 Å². The molecule has 1 aliphatic heterocycles. The number of hydrogen-bond donors (Lipinski definition) is 1. The van der Waals surface area contributed by atoms with Crippen LogP contribution in [0, 0.1) is 0 Å². The van der Waals surface area contributed by atoms with Gasteiger partial charge < -0.3 is 14.4 Å². The van der Waals surface area contributed by atoms with Crippen molar-refractivity contribution in [1.29, 1.82) is 0 Å². The number of nitrogens with zero attached hydrogens (tertiary/aromatic N) is 2. The number of carboxylic acid groups (broad SMARTS) is 1. The minimum Gasteiger partial charge on any atom is -0.477 e. The number of carboxylic acids is 1. The molecule has 1 aromatic heterocycles. The highest BCUT2D eigenvalue weighted by molar-refractivity contribution is 7.89. The molecule has 0 atom stereocenters. The van der Waals surface area contributed by atoms with Gasteiger partial charge in [0.15, 0.2) is 0 Å². The summed E-state index contributed by atoms with van der Waals surface area (Å²) in [7, 11) is -3.68. The minimum absolute atomic E-state index is 0.00255. The summed E-state index contributed by atoms with van der Waals surface area (Å²) in [5.41, 5.74) is -0.0287. The van der Waals surface area contributed by atoms with Gasteiger partial charge in [-0.05, 0) is 19.4 Å². The summed E-state index contributed by atoms with van der Waals surface area (Å²) in [4.78, 5) is 11.0. The monoisotopic (exact) mass is 288 g/mol. The number of aromatic nitrogens is 1. The van der Waals surface area contributed by atoms with Crippen LogP contribution in [-0.4, -0.2) is 48.2 Å². The Morgan fingerprint density at radius 3 is 2.74 bits per heavy atom. The highest BCUT2D eigenvalue weighted by atomic mass is 32.2. The summed E-state index contributed by atoms with van der Waals surface area (Å²) in [6.07, 6.45) is 1.99. The van der Waals surface area contributed by atoms with Gasteiger partial charge in [0, 0.05) is 25.9 Å².